The van der Waals surface area contributed by atoms with Gasteiger partial charge in [-0.25, -0.2) is 0 Å². The third-order valence-corrected chi connectivity index (χ3v) is 20.8. The van der Waals surface area contributed by atoms with Gasteiger partial charge in [0.2, 0.25) is 5.24 Å². The first-order chi connectivity index (χ1) is 61.1. The normalized spacial score (nSPS) is 16.7. The Morgan fingerprint density at radius 2 is 0.914 bits per heavy atom. The molecular weight excluding hydrogens is 1750 g/mol. The van der Waals surface area contributed by atoms with Crippen LogP contribution in [-0.2, 0) is 81.3 Å². The topological polar surface area (TPSA) is 256 Å². The van der Waals surface area contributed by atoms with E-state index in [1.165, 1.54) is 68.8 Å². The molecule has 0 saturated carbocycles. The van der Waals surface area contributed by atoms with Crippen molar-refractivity contribution in [1.29, 1.82) is 0 Å². The first kappa shape index (κ1) is 112. The smallest absolute Gasteiger partial charge is 1.00 e. The molecule has 10 aromatic carbocycles. The number of aliphatic hydroxyl groups excluding tert-OH is 1. The number of carbonyl (C=O) groups excluding carboxylic acids is 2. The molecule has 8 atom stereocenters. The molecule has 6 heterocycles. The van der Waals surface area contributed by atoms with Crippen molar-refractivity contribution in [3.63, 3.8) is 0 Å². The van der Waals surface area contributed by atoms with E-state index >= 15 is 0 Å². The van der Waals surface area contributed by atoms with E-state index < -0.39 is 15.4 Å². The maximum Gasteiger partial charge on any atom is 2.00 e. The number of fused-ring (bicyclic) bond motifs is 1. The van der Waals surface area contributed by atoms with Crippen LogP contribution in [0.3, 0.4) is 0 Å². The summed E-state index contributed by atoms with van der Waals surface area (Å²) in [7, 11) is -3.34. The number of morpholine rings is 3. The molecular formula is C103H132BrCl2MgN9O11S. The number of epoxide rings is 1. The van der Waals surface area contributed by atoms with E-state index in [1.54, 1.807) is 13.8 Å². The summed E-state index contributed by atoms with van der Waals surface area (Å²) >= 11 is 9.55. The number of aldehydes is 1. The van der Waals surface area contributed by atoms with Gasteiger partial charge >= 0.3 is 23.1 Å². The number of benzene rings is 10. The van der Waals surface area contributed by atoms with E-state index in [4.69, 9.17) is 67.4 Å². The summed E-state index contributed by atoms with van der Waals surface area (Å²) in [5, 5.41) is 15.9. The number of halogens is 3. The van der Waals surface area contributed by atoms with Crippen LogP contribution in [0.5, 0.6) is 0 Å². The SMILES string of the molecule is C1CCOC1.C[C@@H](Cc1ccccc1)N=Cc1ccc(N2CCOCC2)cc1.C[C@@H](Cc1ccccc1)N=[N+]=[N-].C[C@@H](O)Cc1ccccc1.C[C@@H]1CO1.C[C@H](Cc1ccccc1)OS(C)(=O)=O.C[C@H](N)Cc1ccccc1.C[C@H]1Cc2ccccc2C(c2ccc(N3CCOCC3)cc2)N1.O=C(Cl)CCl.O=Cc1ccc(N2CCOCC2)cc1.[Br-].[Mg+2].[c-]1ccccc1. The number of rotatable bonds is 21. The monoisotopic (exact) mass is 1880 g/mol. The van der Waals surface area contributed by atoms with Crippen molar-refractivity contribution in [1.82, 2.24) is 5.32 Å². The van der Waals surface area contributed by atoms with Gasteiger partial charge in [0.25, 0.3) is 10.1 Å². The van der Waals surface area contributed by atoms with Crippen LogP contribution in [0.4, 0.5) is 17.1 Å². The molecule has 0 bridgehead atoms. The summed E-state index contributed by atoms with van der Waals surface area (Å²) in [4.78, 5) is 34.4. The molecule has 6 aliphatic heterocycles. The number of nitrogens with zero attached hydrogens (tertiary/aromatic N) is 7. The average molecular weight is 1880 g/mol. The van der Waals surface area contributed by atoms with Gasteiger partial charge in [-0.15, -0.1) is 11.6 Å². The Morgan fingerprint density at radius 3 is 1.26 bits per heavy atom. The molecule has 0 aromatic heterocycles. The van der Waals surface area contributed by atoms with Gasteiger partial charge in [0.15, 0.2) is 0 Å². The number of aliphatic hydroxyl groups is 1. The van der Waals surface area contributed by atoms with E-state index in [0.29, 0.717) is 24.6 Å². The number of azide groups is 1. The van der Waals surface area contributed by atoms with Gasteiger partial charge in [-0.05, 0) is 209 Å². The van der Waals surface area contributed by atoms with Gasteiger partial charge in [-0.1, -0.05) is 212 Å². The number of ether oxygens (including phenoxy) is 5. The maximum atomic E-state index is 10.8. The molecule has 0 spiro atoms. The molecule has 10 aromatic rings. The zero-order chi connectivity index (χ0) is 90.6. The summed E-state index contributed by atoms with van der Waals surface area (Å²) < 4.78 is 52.2. The fourth-order valence-corrected chi connectivity index (χ4v) is 14.1. The second-order valence-corrected chi connectivity index (χ2v) is 33.5. The molecule has 0 amide bonds. The number of nitrogens with one attached hydrogen (secondary N) is 1. The predicted octanol–water partition coefficient (Wildman–Crippen LogP) is 16.1. The fourth-order valence-electron chi connectivity index (χ4n) is 13.4. The summed E-state index contributed by atoms with van der Waals surface area (Å²) in [6.45, 7) is 27.6. The number of aliphatic imine (C=N–C) groups is 1. The number of anilines is 3. The molecule has 4 N–H and O–H groups in total. The summed E-state index contributed by atoms with van der Waals surface area (Å²) in [5.74, 6) is -0.0957. The Balaban J connectivity index is 0.000000306. The van der Waals surface area contributed by atoms with E-state index in [0.717, 1.165) is 160 Å². The van der Waals surface area contributed by atoms with E-state index in [1.807, 2.05) is 190 Å². The van der Waals surface area contributed by atoms with Crippen LogP contribution in [0.15, 0.2) is 289 Å². The number of hydrogen-bond donors (Lipinski definition) is 3. The standard InChI is InChI=1S/2C20H24N2O.C11H13NO2.C10H14O3S.C9H11N3.C9H13N.C9H12O.C6H5.C4H8O.C3H6O.C2H2Cl2O.BrH.Mg/c1-15-14-17-4-2-3-5-19(17)20(21-15)16-6-8-18(9-7-16)22-10-12-23-13-11-22;1-17(15-18-5-3-2-4-6-18)21-16-19-7-9-20(10-8-19)22-11-13-23-14-12-22;13-9-10-1-3-11(4-2-10)12-5-7-14-8-6-12;1-9(13-14(2,11)12)8-10-6-4-3-5-7-10;1-8(11-12-10)7-9-5-3-2-4-6-9;2*1-8(10)7-9-5-3-2-4-6-9;1-2-4-6-5-3-1;1-2-4-5-3-1;1-3-2-4-3;3-1-2(4)5;;/h2-9,15,20-21H,10-14H2,1H3;2-10,16-17H,11-15H2,1H3;1-4,9H,5-8H2;3-7,9H,8H2,1-2H3;2-6,8H,7H2,1H3;2-6,8H,7,10H2,1H3;2-6,8,10H,7H2,1H3;1-5H;1-4H2;3H,2H2,1H3;1H2;1H;/q;;;;;;;-1;;;;;+2/p-1/t15-,20?;17-;;9-;3*8-;;;3-;;;/m00.1001..1.../s1. The molecule has 0 aliphatic carbocycles. The second kappa shape index (κ2) is 67.5. The van der Waals surface area contributed by atoms with E-state index in [2.05, 4.69) is 171 Å². The summed E-state index contributed by atoms with van der Waals surface area (Å²) in [6, 6.07) is 98.5. The number of alkyl halides is 1. The zero-order valence-corrected chi connectivity index (χ0v) is 81.1. The number of carbonyl (C=O) groups is 2. The van der Waals surface area contributed by atoms with Gasteiger partial charge in [0.05, 0.1) is 88.8 Å². The quantitative estimate of drug-likeness (QED) is 0.00516. The Morgan fingerprint density at radius 1 is 0.555 bits per heavy atom. The molecule has 16 rings (SSSR count). The average Bonchev–Trinajstić information content (AvgIpc) is 0.924. The Kier molecular flexibility index (Phi) is 58.9. The molecule has 684 valence electrons. The molecule has 5 saturated heterocycles. The van der Waals surface area contributed by atoms with Gasteiger partial charge < -0.3 is 71.5 Å². The molecule has 0 radical (unpaired) electrons. The Labute approximate surface area is 799 Å². The van der Waals surface area contributed by atoms with Crippen molar-refractivity contribution < 1.29 is 68.0 Å². The van der Waals surface area contributed by atoms with Crippen LogP contribution in [0.25, 0.3) is 10.4 Å². The minimum Gasteiger partial charge on any atom is -1.00 e. The van der Waals surface area contributed by atoms with Gasteiger partial charge in [-0.3, -0.25) is 18.8 Å². The van der Waals surface area contributed by atoms with Crippen molar-refractivity contribution in [2.75, 3.05) is 126 Å². The third-order valence-electron chi connectivity index (χ3n) is 19.6. The minimum atomic E-state index is -3.34. The van der Waals surface area contributed by atoms with Crippen LogP contribution >= 0.6 is 23.2 Å². The van der Waals surface area contributed by atoms with Gasteiger partial charge in [0.1, 0.15) is 6.29 Å². The fraction of sp³-hybridized carbons (Fsp3) is 0.388. The first-order valence-corrected chi connectivity index (χ1v) is 46.3. The van der Waals surface area contributed by atoms with E-state index in [9.17, 15) is 18.0 Å². The summed E-state index contributed by atoms with van der Waals surface area (Å²) in [5.41, 5.74) is 29.8. The molecule has 1 unspecified atom stereocenters. The van der Waals surface area contributed by atoms with Crippen LogP contribution < -0.4 is 42.7 Å². The first-order valence-electron chi connectivity index (χ1n) is 43.6. The Bertz CT molecular complexity index is 4590. The van der Waals surface area contributed by atoms with Crippen LogP contribution in [-0.4, -0.2) is 208 Å². The van der Waals surface area contributed by atoms with Crippen molar-refractivity contribution in [2.24, 2.45) is 15.8 Å². The number of nitrogens with two attached hydrogens (primary N) is 1. The zero-order valence-electron chi connectivity index (χ0n) is 75.8. The largest absolute Gasteiger partial charge is 2.00 e. The number of hydrogen-bond acceptors (Lipinski definition) is 18. The van der Waals surface area contributed by atoms with E-state index in [-0.39, 0.29) is 76.2 Å². The Hall–Kier alpha value is -8.66. The molecule has 20 nitrogen and oxygen atoms in total. The summed E-state index contributed by atoms with van der Waals surface area (Å²) in [6.07, 6.45) is 11.7. The molecule has 5 fully saturated rings. The minimum absolute atomic E-state index is 0. The van der Waals surface area contributed by atoms with Crippen molar-refractivity contribution in [3.8, 4) is 0 Å². The van der Waals surface area contributed by atoms with Crippen molar-refractivity contribution >= 4 is 91.2 Å². The molecule has 6 aliphatic rings. The van der Waals surface area contributed by atoms with Crippen molar-refractivity contribution in [3.05, 3.63) is 351 Å². The molecule has 128 heavy (non-hydrogen) atoms. The van der Waals surface area contributed by atoms with Gasteiger partial charge in [-0.2, -0.15) is 44.8 Å². The maximum absolute atomic E-state index is 10.8. The third kappa shape index (κ3) is 51.7. The predicted molar refractivity (Wildman–Crippen MR) is 524 cm³/mol. The molecule has 25 heteroatoms. The van der Waals surface area contributed by atoms with Crippen LogP contribution in [0.2, 0.25) is 0 Å². The van der Waals surface area contributed by atoms with Crippen LogP contribution in [0, 0.1) is 6.07 Å². The van der Waals surface area contributed by atoms with Crippen LogP contribution in [0.1, 0.15) is 128 Å². The second-order valence-electron chi connectivity index (χ2n) is 31.2. The van der Waals surface area contributed by atoms with Crippen molar-refractivity contribution in [2.45, 2.75) is 148 Å². The van der Waals surface area contributed by atoms with Gasteiger partial charge in [0, 0.05) is 104 Å².